The number of carbonyl (C=O) groups excluding carboxylic acids is 1. The average molecular weight is 367 g/mol. The number of nitrogens with zero attached hydrogens (tertiary/aromatic N) is 4. The molecule has 1 heterocycles. The number of anilines is 1. The van der Waals surface area contributed by atoms with Gasteiger partial charge in [0, 0.05) is 11.8 Å². The predicted molar refractivity (Wildman–Crippen MR) is 98.4 cm³/mol. The molecule has 3 aromatic rings. The van der Waals surface area contributed by atoms with Crippen LogP contribution in [-0.4, -0.2) is 31.9 Å². The number of amides is 1. The Kier molecular flexibility index (Phi) is 4.83. The highest BCUT2D eigenvalue weighted by Crippen LogP contribution is 2.36. The van der Waals surface area contributed by atoms with E-state index in [1.54, 1.807) is 10.7 Å². The van der Waals surface area contributed by atoms with Gasteiger partial charge in [0.15, 0.2) is 0 Å². The Hall–Kier alpha value is -2.87. The molecule has 1 saturated carbocycles. The number of benzene rings is 2. The number of hydrogen-bond donors (Lipinski definition) is 1. The van der Waals surface area contributed by atoms with Gasteiger partial charge in [-0.05, 0) is 47.5 Å². The van der Waals surface area contributed by atoms with Gasteiger partial charge in [-0.15, -0.1) is 5.10 Å². The number of ether oxygens (including phenoxy) is 1. The van der Waals surface area contributed by atoms with Gasteiger partial charge in [-0.25, -0.2) is 4.68 Å². The molecule has 1 aliphatic carbocycles. The number of thioether (sulfide) groups is 1. The van der Waals surface area contributed by atoms with Crippen LogP contribution in [0.2, 0.25) is 0 Å². The van der Waals surface area contributed by atoms with E-state index in [1.165, 1.54) is 11.8 Å². The van der Waals surface area contributed by atoms with E-state index in [1.807, 2.05) is 48.5 Å². The van der Waals surface area contributed by atoms with Crippen LogP contribution in [0, 0.1) is 0 Å². The normalized spacial score (nSPS) is 13.4. The first kappa shape index (κ1) is 16.6. The highest BCUT2D eigenvalue weighted by molar-refractivity contribution is 7.99. The van der Waals surface area contributed by atoms with Gasteiger partial charge in [0.05, 0.1) is 11.8 Å². The first-order valence-electron chi connectivity index (χ1n) is 8.31. The molecule has 26 heavy (non-hydrogen) atoms. The molecule has 4 rings (SSSR count). The number of tetrazole rings is 1. The van der Waals surface area contributed by atoms with E-state index in [0.29, 0.717) is 22.6 Å². The van der Waals surface area contributed by atoms with E-state index in [9.17, 15) is 4.79 Å². The Morgan fingerprint density at radius 3 is 2.77 bits per heavy atom. The molecule has 0 unspecified atom stereocenters. The van der Waals surface area contributed by atoms with Crippen molar-refractivity contribution in [3.63, 3.8) is 0 Å². The summed E-state index contributed by atoms with van der Waals surface area (Å²) in [5.41, 5.74) is 0.686. The molecule has 1 amide bonds. The quantitative estimate of drug-likeness (QED) is 0.643. The number of carbonyl (C=O) groups is 1. The molecule has 0 aliphatic heterocycles. The molecule has 1 N–H and O–H groups in total. The molecule has 2 aromatic carbocycles. The minimum absolute atomic E-state index is 0.114. The number of hydrogen-bond acceptors (Lipinski definition) is 6. The topological polar surface area (TPSA) is 81.9 Å². The average Bonchev–Trinajstić information content (AvgIpc) is 3.39. The van der Waals surface area contributed by atoms with Gasteiger partial charge in [0.2, 0.25) is 11.1 Å². The third kappa shape index (κ3) is 4.20. The molecule has 0 atom stereocenters. The number of nitrogens with one attached hydrogen (secondary N) is 1. The van der Waals surface area contributed by atoms with Crippen LogP contribution in [0.15, 0.2) is 59.8 Å². The van der Waals surface area contributed by atoms with E-state index in [0.717, 1.165) is 18.6 Å². The maximum atomic E-state index is 12.2. The van der Waals surface area contributed by atoms with Crippen LogP contribution < -0.4 is 10.1 Å². The van der Waals surface area contributed by atoms with Gasteiger partial charge in [0.25, 0.3) is 0 Å². The Labute approximate surface area is 154 Å². The third-order valence-corrected chi connectivity index (χ3v) is 4.72. The Morgan fingerprint density at radius 1 is 1.15 bits per heavy atom. The molecule has 1 fully saturated rings. The molecule has 7 nitrogen and oxygen atoms in total. The summed E-state index contributed by atoms with van der Waals surface area (Å²) in [5, 5.41) is 15.2. The molecular weight excluding hydrogens is 350 g/mol. The summed E-state index contributed by atoms with van der Waals surface area (Å²) < 4.78 is 7.58. The van der Waals surface area contributed by atoms with Crippen LogP contribution in [-0.2, 0) is 4.79 Å². The highest BCUT2D eigenvalue weighted by atomic mass is 32.2. The smallest absolute Gasteiger partial charge is 0.234 e. The fraction of sp³-hybridized carbons (Fsp3) is 0.222. The fourth-order valence-corrected chi connectivity index (χ4v) is 3.16. The van der Waals surface area contributed by atoms with Crippen molar-refractivity contribution in [2.75, 3.05) is 11.1 Å². The second kappa shape index (κ2) is 7.57. The molecule has 8 heteroatoms. The molecule has 0 spiro atoms. The van der Waals surface area contributed by atoms with Crippen molar-refractivity contribution in [2.24, 2.45) is 0 Å². The van der Waals surface area contributed by atoms with Crippen molar-refractivity contribution in [2.45, 2.75) is 24.0 Å². The monoisotopic (exact) mass is 367 g/mol. The molecule has 132 valence electrons. The maximum Gasteiger partial charge on any atom is 0.234 e. The zero-order chi connectivity index (χ0) is 17.8. The fourth-order valence-electron chi connectivity index (χ4n) is 2.42. The van der Waals surface area contributed by atoms with Crippen LogP contribution >= 0.6 is 11.8 Å². The maximum absolute atomic E-state index is 12.2. The SMILES string of the molecule is O=C(CSc1nnnn1C1CC1)Nc1cccc(Oc2ccccc2)c1. The van der Waals surface area contributed by atoms with Crippen molar-refractivity contribution in [3.05, 3.63) is 54.6 Å². The van der Waals surface area contributed by atoms with E-state index in [-0.39, 0.29) is 11.7 Å². The first-order valence-corrected chi connectivity index (χ1v) is 9.30. The minimum atomic E-state index is -0.114. The van der Waals surface area contributed by atoms with Crippen molar-refractivity contribution in [3.8, 4) is 11.5 Å². The van der Waals surface area contributed by atoms with E-state index >= 15 is 0 Å². The van der Waals surface area contributed by atoms with Crippen LogP contribution in [0.25, 0.3) is 0 Å². The Balaban J connectivity index is 1.34. The predicted octanol–water partition coefficient (Wildman–Crippen LogP) is 3.53. The lowest BCUT2D eigenvalue weighted by Gasteiger charge is -2.09. The zero-order valence-electron chi connectivity index (χ0n) is 13.9. The molecule has 0 saturated heterocycles. The van der Waals surface area contributed by atoms with Crippen LogP contribution in [0.5, 0.6) is 11.5 Å². The van der Waals surface area contributed by atoms with Gasteiger partial charge < -0.3 is 10.1 Å². The third-order valence-electron chi connectivity index (χ3n) is 3.78. The van der Waals surface area contributed by atoms with Gasteiger partial charge >= 0.3 is 0 Å². The summed E-state index contributed by atoms with van der Waals surface area (Å²) in [4.78, 5) is 12.2. The van der Waals surface area contributed by atoms with Gasteiger partial charge in [-0.2, -0.15) is 0 Å². The lowest BCUT2D eigenvalue weighted by Crippen LogP contribution is -2.14. The lowest BCUT2D eigenvalue weighted by molar-refractivity contribution is -0.113. The summed E-state index contributed by atoms with van der Waals surface area (Å²) in [6.45, 7) is 0. The van der Waals surface area contributed by atoms with Crippen molar-refractivity contribution >= 4 is 23.4 Å². The Morgan fingerprint density at radius 2 is 1.96 bits per heavy atom. The second-order valence-corrected chi connectivity index (χ2v) is 6.86. The van der Waals surface area contributed by atoms with Crippen molar-refractivity contribution in [1.82, 2.24) is 20.2 Å². The molecule has 1 aromatic heterocycles. The number of rotatable bonds is 7. The van der Waals surface area contributed by atoms with E-state index in [4.69, 9.17) is 4.74 Å². The van der Waals surface area contributed by atoms with Crippen LogP contribution in [0.1, 0.15) is 18.9 Å². The van der Waals surface area contributed by atoms with Crippen LogP contribution in [0.4, 0.5) is 5.69 Å². The summed E-state index contributed by atoms with van der Waals surface area (Å²) in [5.74, 6) is 1.55. The highest BCUT2D eigenvalue weighted by Gasteiger charge is 2.28. The first-order chi connectivity index (χ1) is 12.8. The molecular formula is C18H17N5O2S. The van der Waals surface area contributed by atoms with Gasteiger partial charge in [-0.3, -0.25) is 4.79 Å². The van der Waals surface area contributed by atoms with Crippen molar-refractivity contribution < 1.29 is 9.53 Å². The lowest BCUT2D eigenvalue weighted by atomic mass is 10.3. The molecule has 0 radical (unpaired) electrons. The standard InChI is InChI=1S/C18H17N5O2S/c24-17(12-26-18-20-21-22-23(18)14-9-10-14)19-13-5-4-8-16(11-13)25-15-6-2-1-3-7-15/h1-8,11,14H,9-10,12H2,(H,19,24). The van der Waals surface area contributed by atoms with E-state index in [2.05, 4.69) is 20.8 Å². The summed E-state index contributed by atoms with van der Waals surface area (Å²) in [6.07, 6.45) is 2.19. The van der Waals surface area contributed by atoms with Crippen LogP contribution in [0.3, 0.4) is 0 Å². The largest absolute Gasteiger partial charge is 0.457 e. The van der Waals surface area contributed by atoms with Crippen molar-refractivity contribution in [1.29, 1.82) is 0 Å². The zero-order valence-corrected chi connectivity index (χ0v) is 14.7. The number of aromatic nitrogens is 4. The second-order valence-electron chi connectivity index (χ2n) is 5.92. The number of para-hydroxylation sites is 1. The minimum Gasteiger partial charge on any atom is -0.457 e. The summed E-state index contributed by atoms with van der Waals surface area (Å²) in [6, 6.07) is 17.2. The molecule has 0 bridgehead atoms. The van der Waals surface area contributed by atoms with Gasteiger partial charge in [0.1, 0.15) is 11.5 Å². The molecule has 1 aliphatic rings. The Bertz CT molecular complexity index is 895. The summed E-state index contributed by atoms with van der Waals surface area (Å²) in [7, 11) is 0. The summed E-state index contributed by atoms with van der Waals surface area (Å²) >= 11 is 1.34. The van der Waals surface area contributed by atoms with E-state index < -0.39 is 0 Å². The van der Waals surface area contributed by atoms with Gasteiger partial charge in [-0.1, -0.05) is 36.0 Å².